The molecule has 0 aliphatic carbocycles. The Hall–Kier alpha value is -2.07. The molecule has 2 aromatic rings. The number of rotatable bonds is 6. The van der Waals surface area contributed by atoms with Gasteiger partial charge in [0, 0.05) is 18.3 Å². The van der Waals surface area contributed by atoms with Crippen molar-refractivity contribution in [1.82, 2.24) is 10.3 Å². The number of methoxy groups -OCH3 is 1. The minimum absolute atomic E-state index is 0.298. The van der Waals surface area contributed by atoms with E-state index in [1.54, 1.807) is 19.2 Å². The van der Waals surface area contributed by atoms with Crippen LogP contribution in [-0.2, 0) is 12.8 Å². The van der Waals surface area contributed by atoms with Gasteiger partial charge >= 0.3 is 0 Å². The molecule has 0 saturated heterocycles. The summed E-state index contributed by atoms with van der Waals surface area (Å²) in [7, 11) is 3.56. The Morgan fingerprint density at radius 2 is 2.00 bits per heavy atom. The number of benzene rings is 1. The number of pyridine rings is 1. The van der Waals surface area contributed by atoms with Gasteiger partial charge < -0.3 is 15.2 Å². The van der Waals surface area contributed by atoms with E-state index in [4.69, 9.17) is 4.74 Å². The van der Waals surface area contributed by atoms with E-state index in [1.165, 1.54) is 0 Å². The molecule has 1 unspecified atom stereocenters. The van der Waals surface area contributed by atoms with Crippen LogP contribution in [0.1, 0.15) is 11.1 Å². The zero-order valence-electron chi connectivity index (χ0n) is 11.8. The van der Waals surface area contributed by atoms with Gasteiger partial charge in [0.25, 0.3) is 0 Å². The molecule has 0 amide bonds. The highest BCUT2D eigenvalue weighted by Crippen LogP contribution is 2.15. The number of aromatic nitrogens is 1. The summed E-state index contributed by atoms with van der Waals surface area (Å²) >= 11 is 0. The maximum absolute atomic E-state index is 9.50. The van der Waals surface area contributed by atoms with E-state index in [-0.39, 0.29) is 0 Å². The van der Waals surface area contributed by atoms with Gasteiger partial charge in [-0.2, -0.15) is 0 Å². The van der Waals surface area contributed by atoms with Crippen molar-refractivity contribution in [2.24, 2.45) is 0 Å². The summed E-state index contributed by atoms with van der Waals surface area (Å²) in [6.45, 7) is 0. The van der Waals surface area contributed by atoms with Crippen LogP contribution in [0.2, 0.25) is 0 Å². The number of hydrogen-bond donors (Lipinski definition) is 2. The van der Waals surface area contributed by atoms with Gasteiger partial charge in [-0.25, -0.2) is 4.98 Å². The Labute approximate surface area is 119 Å². The molecule has 20 heavy (non-hydrogen) atoms. The lowest BCUT2D eigenvalue weighted by Gasteiger charge is -2.16. The second-order valence-corrected chi connectivity index (χ2v) is 4.77. The van der Waals surface area contributed by atoms with E-state index < -0.39 is 0 Å². The number of aromatic hydroxyl groups is 1. The van der Waals surface area contributed by atoms with Gasteiger partial charge in [0.2, 0.25) is 5.88 Å². The molecule has 0 bridgehead atoms. The summed E-state index contributed by atoms with van der Waals surface area (Å²) < 4.78 is 5.05. The molecule has 1 aromatic carbocycles. The van der Waals surface area contributed by atoms with Crippen molar-refractivity contribution in [3.8, 4) is 11.6 Å². The summed E-state index contributed by atoms with van der Waals surface area (Å²) in [5, 5.41) is 12.8. The fourth-order valence-corrected chi connectivity index (χ4v) is 2.18. The van der Waals surface area contributed by atoms with Crippen molar-refractivity contribution < 1.29 is 9.84 Å². The first-order chi connectivity index (χ1) is 9.71. The van der Waals surface area contributed by atoms with Crippen molar-refractivity contribution in [2.75, 3.05) is 14.2 Å². The molecule has 4 nitrogen and oxygen atoms in total. The number of nitrogens with one attached hydrogen (secondary N) is 1. The maximum atomic E-state index is 9.50. The highest BCUT2D eigenvalue weighted by molar-refractivity contribution is 5.28. The predicted molar refractivity (Wildman–Crippen MR) is 79.2 cm³/mol. The Morgan fingerprint density at radius 1 is 1.20 bits per heavy atom. The number of phenols is 1. The molecule has 0 saturated carbocycles. The zero-order chi connectivity index (χ0) is 14.4. The minimum atomic E-state index is 0.298. The van der Waals surface area contributed by atoms with Crippen LogP contribution in [0.5, 0.6) is 11.6 Å². The highest BCUT2D eigenvalue weighted by atomic mass is 16.5. The average Bonchev–Trinajstić information content (AvgIpc) is 2.47. The Kier molecular flexibility index (Phi) is 4.96. The quantitative estimate of drug-likeness (QED) is 0.846. The predicted octanol–water partition coefficient (Wildman–Crippen LogP) is 2.17. The molecule has 4 heteroatoms. The lowest BCUT2D eigenvalue weighted by molar-refractivity contribution is 0.397. The number of ether oxygens (including phenoxy) is 1. The molecule has 0 aliphatic rings. The van der Waals surface area contributed by atoms with Gasteiger partial charge in [-0.05, 0) is 43.1 Å². The van der Waals surface area contributed by atoms with Crippen molar-refractivity contribution in [1.29, 1.82) is 0 Å². The third-order valence-electron chi connectivity index (χ3n) is 3.29. The third kappa shape index (κ3) is 3.96. The first-order valence-corrected chi connectivity index (χ1v) is 6.65. The van der Waals surface area contributed by atoms with Crippen LogP contribution in [0, 0.1) is 0 Å². The molecule has 106 valence electrons. The van der Waals surface area contributed by atoms with Gasteiger partial charge in [0.05, 0.1) is 7.11 Å². The van der Waals surface area contributed by atoms with E-state index in [9.17, 15) is 5.11 Å². The number of nitrogens with zero attached hydrogens (tertiary/aromatic N) is 1. The van der Waals surface area contributed by atoms with E-state index in [1.807, 2.05) is 37.5 Å². The van der Waals surface area contributed by atoms with Gasteiger partial charge in [-0.15, -0.1) is 0 Å². The average molecular weight is 272 g/mol. The maximum Gasteiger partial charge on any atom is 0.212 e. The first kappa shape index (κ1) is 14.3. The highest BCUT2D eigenvalue weighted by Gasteiger charge is 2.09. The topological polar surface area (TPSA) is 54.4 Å². The molecule has 1 atom stereocenters. The monoisotopic (exact) mass is 272 g/mol. The van der Waals surface area contributed by atoms with E-state index in [0.29, 0.717) is 17.7 Å². The largest absolute Gasteiger partial charge is 0.508 e. The summed E-state index contributed by atoms with van der Waals surface area (Å²) in [6.07, 6.45) is 3.58. The molecule has 2 rings (SSSR count). The lowest BCUT2D eigenvalue weighted by atomic mass is 10.00. The fourth-order valence-electron chi connectivity index (χ4n) is 2.18. The Morgan fingerprint density at radius 3 is 2.60 bits per heavy atom. The zero-order valence-corrected chi connectivity index (χ0v) is 11.8. The number of hydrogen-bond acceptors (Lipinski definition) is 4. The molecule has 0 aliphatic heterocycles. The number of phenolic OH excluding ortho intramolecular Hbond substituents is 1. The van der Waals surface area contributed by atoms with Crippen LogP contribution in [0.4, 0.5) is 0 Å². The van der Waals surface area contributed by atoms with Gasteiger partial charge in [-0.3, -0.25) is 0 Å². The van der Waals surface area contributed by atoms with Crippen LogP contribution in [0.25, 0.3) is 0 Å². The van der Waals surface area contributed by atoms with E-state index in [0.717, 1.165) is 24.0 Å². The van der Waals surface area contributed by atoms with Crippen LogP contribution >= 0.6 is 0 Å². The Balaban J connectivity index is 2.01. The van der Waals surface area contributed by atoms with Gasteiger partial charge in [-0.1, -0.05) is 18.2 Å². The smallest absolute Gasteiger partial charge is 0.212 e. The van der Waals surface area contributed by atoms with E-state index >= 15 is 0 Å². The normalized spacial score (nSPS) is 12.1. The van der Waals surface area contributed by atoms with Crippen LogP contribution in [0.15, 0.2) is 42.6 Å². The molecule has 0 spiro atoms. The third-order valence-corrected chi connectivity index (χ3v) is 3.29. The lowest BCUT2D eigenvalue weighted by Crippen LogP contribution is -2.29. The second kappa shape index (κ2) is 6.91. The summed E-state index contributed by atoms with van der Waals surface area (Å²) in [5.74, 6) is 0.936. The van der Waals surface area contributed by atoms with Crippen molar-refractivity contribution in [3.05, 3.63) is 53.7 Å². The summed E-state index contributed by atoms with van der Waals surface area (Å²) in [4.78, 5) is 4.22. The molecule has 0 fully saturated rings. The molecule has 1 aromatic heterocycles. The van der Waals surface area contributed by atoms with Gasteiger partial charge in [0.1, 0.15) is 5.75 Å². The summed E-state index contributed by atoms with van der Waals surface area (Å²) in [5.41, 5.74) is 2.27. The van der Waals surface area contributed by atoms with Crippen LogP contribution < -0.4 is 10.1 Å². The summed E-state index contributed by atoms with van der Waals surface area (Å²) in [6, 6.07) is 11.6. The SMILES string of the molecule is CNC(Cc1ccc(OC)nc1)Cc1cccc(O)c1. The second-order valence-electron chi connectivity index (χ2n) is 4.77. The standard InChI is InChI=1S/C16H20N2O2/c1-17-14(8-12-4-3-5-15(19)10-12)9-13-6-7-16(20-2)18-11-13/h3-7,10-11,14,17,19H,8-9H2,1-2H3. The Bertz CT molecular complexity index is 540. The molecule has 2 N–H and O–H groups in total. The molecule has 0 radical (unpaired) electrons. The fraction of sp³-hybridized carbons (Fsp3) is 0.312. The van der Waals surface area contributed by atoms with E-state index in [2.05, 4.69) is 10.3 Å². The molecular formula is C16H20N2O2. The molecular weight excluding hydrogens is 252 g/mol. The van der Waals surface area contributed by atoms with Crippen molar-refractivity contribution in [2.45, 2.75) is 18.9 Å². The minimum Gasteiger partial charge on any atom is -0.508 e. The van der Waals surface area contributed by atoms with Crippen LogP contribution in [-0.4, -0.2) is 30.3 Å². The van der Waals surface area contributed by atoms with Crippen LogP contribution in [0.3, 0.4) is 0 Å². The van der Waals surface area contributed by atoms with Crippen molar-refractivity contribution in [3.63, 3.8) is 0 Å². The molecule has 1 heterocycles. The first-order valence-electron chi connectivity index (χ1n) is 6.65. The van der Waals surface area contributed by atoms with Crippen molar-refractivity contribution >= 4 is 0 Å². The number of likely N-dealkylation sites (N-methyl/N-ethyl adjacent to an activating group) is 1. The van der Waals surface area contributed by atoms with Gasteiger partial charge in [0.15, 0.2) is 0 Å².